The number of aromatic nitrogens is 4. The molecule has 0 N–H and O–H groups in total. The van der Waals surface area contributed by atoms with Gasteiger partial charge in [0, 0.05) is 38.4 Å². The van der Waals surface area contributed by atoms with Gasteiger partial charge < -0.3 is 9.47 Å². The Kier molecular flexibility index (Phi) is 5.28. The van der Waals surface area contributed by atoms with Crippen LogP contribution in [-0.4, -0.2) is 43.2 Å². The third-order valence-corrected chi connectivity index (χ3v) is 5.72. The van der Waals surface area contributed by atoms with E-state index in [2.05, 4.69) is 27.8 Å². The number of carbonyl (C=O) groups excluding carboxylic acids is 1. The minimum atomic E-state index is 0.0926. The summed E-state index contributed by atoms with van der Waals surface area (Å²) < 4.78 is 4.10. The molecule has 3 aromatic rings. The fourth-order valence-corrected chi connectivity index (χ4v) is 4.04. The first kappa shape index (κ1) is 18.5. The zero-order valence-electron chi connectivity index (χ0n) is 16.6. The highest BCUT2D eigenvalue weighted by molar-refractivity contribution is 5.95. The molecule has 1 fully saturated rings. The molecule has 6 nitrogen and oxygen atoms in total. The van der Waals surface area contributed by atoms with Crippen molar-refractivity contribution in [2.45, 2.75) is 39.7 Å². The van der Waals surface area contributed by atoms with E-state index in [-0.39, 0.29) is 5.91 Å². The Hall–Kier alpha value is -2.89. The Labute approximate surface area is 165 Å². The fraction of sp³-hybridized carbons (Fsp3) is 0.409. The van der Waals surface area contributed by atoms with Crippen LogP contribution in [0.5, 0.6) is 0 Å². The first-order valence-corrected chi connectivity index (χ1v) is 10.1. The summed E-state index contributed by atoms with van der Waals surface area (Å²) in [5, 5.41) is 4.44. The van der Waals surface area contributed by atoms with Crippen molar-refractivity contribution in [1.29, 1.82) is 0 Å². The van der Waals surface area contributed by atoms with Gasteiger partial charge in [-0.1, -0.05) is 25.1 Å². The molecule has 28 heavy (non-hydrogen) atoms. The van der Waals surface area contributed by atoms with E-state index >= 15 is 0 Å². The van der Waals surface area contributed by atoms with Gasteiger partial charge in [-0.25, -0.2) is 9.67 Å². The summed E-state index contributed by atoms with van der Waals surface area (Å²) >= 11 is 0. The summed E-state index contributed by atoms with van der Waals surface area (Å²) in [6.07, 6.45) is 8.66. The molecule has 0 saturated carbocycles. The molecule has 1 aliphatic heterocycles. The van der Waals surface area contributed by atoms with E-state index in [4.69, 9.17) is 0 Å². The summed E-state index contributed by atoms with van der Waals surface area (Å²) in [6, 6.07) is 9.94. The number of hydrogen-bond acceptors (Lipinski definition) is 3. The third-order valence-electron chi connectivity index (χ3n) is 5.72. The summed E-state index contributed by atoms with van der Waals surface area (Å²) in [4.78, 5) is 19.4. The number of aryl methyl sites for hydroxylation is 1. The monoisotopic (exact) mass is 377 g/mol. The number of piperidine rings is 1. The van der Waals surface area contributed by atoms with E-state index in [1.54, 1.807) is 6.20 Å². The Morgan fingerprint density at radius 3 is 2.64 bits per heavy atom. The average Bonchev–Trinajstić information content (AvgIpc) is 3.34. The predicted octanol–water partition coefficient (Wildman–Crippen LogP) is 3.49. The van der Waals surface area contributed by atoms with Crippen LogP contribution in [0, 0.1) is 12.8 Å². The molecule has 0 atom stereocenters. The molecule has 1 amide bonds. The maximum absolute atomic E-state index is 13.0. The highest BCUT2D eigenvalue weighted by Gasteiger charge is 2.26. The second kappa shape index (κ2) is 8.00. The van der Waals surface area contributed by atoms with E-state index < -0.39 is 0 Å². The van der Waals surface area contributed by atoms with Crippen molar-refractivity contribution < 1.29 is 4.79 Å². The predicted molar refractivity (Wildman–Crippen MR) is 109 cm³/mol. The lowest BCUT2D eigenvalue weighted by atomic mass is 9.96. The number of hydrogen-bond donors (Lipinski definition) is 0. The van der Waals surface area contributed by atoms with Crippen molar-refractivity contribution in [3.8, 4) is 5.69 Å². The molecule has 0 bridgehead atoms. The Balaban J connectivity index is 1.40. The smallest absolute Gasteiger partial charge is 0.257 e. The quantitative estimate of drug-likeness (QED) is 0.684. The van der Waals surface area contributed by atoms with Gasteiger partial charge in [-0.15, -0.1) is 0 Å². The van der Waals surface area contributed by atoms with Crippen LogP contribution in [0.1, 0.15) is 41.6 Å². The Morgan fingerprint density at radius 1 is 1.18 bits per heavy atom. The van der Waals surface area contributed by atoms with Crippen LogP contribution in [0.3, 0.4) is 0 Å². The van der Waals surface area contributed by atoms with Gasteiger partial charge in [0.05, 0.1) is 23.1 Å². The molecule has 3 heterocycles. The van der Waals surface area contributed by atoms with Gasteiger partial charge in [-0.2, -0.15) is 5.10 Å². The second-order valence-electron chi connectivity index (χ2n) is 7.48. The minimum absolute atomic E-state index is 0.0926. The molecular formula is C22H27N5O. The molecule has 2 aromatic heterocycles. The van der Waals surface area contributed by atoms with E-state index in [0.29, 0.717) is 11.5 Å². The molecule has 1 aliphatic rings. The topological polar surface area (TPSA) is 56.0 Å². The molecule has 1 saturated heterocycles. The number of nitrogens with zero attached hydrogens (tertiary/aromatic N) is 5. The van der Waals surface area contributed by atoms with E-state index in [1.165, 1.54) is 0 Å². The maximum atomic E-state index is 13.0. The van der Waals surface area contributed by atoms with Gasteiger partial charge in [-0.3, -0.25) is 4.79 Å². The number of amides is 1. The van der Waals surface area contributed by atoms with Crippen molar-refractivity contribution in [2.24, 2.45) is 5.92 Å². The van der Waals surface area contributed by atoms with Gasteiger partial charge in [0.2, 0.25) is 0 Å². The van der Waals surface area contributed by atoms with Crippen molar-refractivity contribution >= 4 is 5.91 Å². The molecule has 0 spiro atoms. The first-order valence-electron chi connectivity index (χ1n) is 10.1. The fourth-order valence-electron chi connectivity index (χ4n) is 4.04. The van der Waals surface area contributed by atoms with Crippen LogP contribution in [-0.2, 0) is 13.0 Å². The molecule has 0 aliphatic carbocycles. The lowest BCUT2D eigenvalue weighted by Crippen LogP contribution is -2.39. The zero-order valence-corrected chi connectivity index (χ0v) is 16.6. The molecule has 0 unspecified atom stereocenters. The van der Waals surface area contributed by atoms with Gasteiger partial charge in [-0.05, 0) is 37.8 Å². The maximum Gasteiger partial charge on any atom is 0.257 e. The van der Waals surface area contributed by atoms with Crippen LogP contribution in [0.2, 0.25) is 0 Å². The van der Waals surface area contributed by atoms with Crippen molar-refractivity contribution in [1.82, 2.24) is 24.2 Å². The normalized spacial score (nSPS) is 15.1. The zero-order chi connectivity index (χ0) is 19.5. The van der Waals surface area contributed by atoms with Crippen LogP contribution in [0.25, 0.3) is 5.69 Å². The number of para-hydroxylation sites is 1. The van der Waals surface area contributed by atoms with Crippen molar-refractivity contribution in [2.75, 3.05) is 13.1 Å². The largest absolute Gasteiger partial charge is 0.339 e. The number of benzene rings is 1. The van der Waals surface area contributed by atoms with Gasteiger partial charge in [0.15, 0.2) is 0 Å². The lowest BCUT2D eigenvalue weighted by molar-refractivity contribution is 0.0681. The van der Waals surface area contributed by atoms with Crippen LogP contribution in [0.4, 0.5) is 0 Å². The first-order chi connectivity index (χ1) is 13.7. The minimum Gasteiger partial charge on any atom is -0.339 e. The lowest BCUT2D eigenvalue weighted by Gasteiger charge is -2.32. The Morgan fingerprint density at radius 2 is 1.93 bits per heavy atom. The summed E-state index contributed by atoms with van der Waals surface area (Å²) in [5.74, 6) is 1.83. The summed E-state index contributed by atoms with van der Waals surface area (Å²) in [7, 11) is 0. The molecule has 4 rings (SSSR count). The highest BCUT2D eigenvalue weighted by atomic mass is 16.2. The number of imidazole rings is 1. The number of rotatable bonds is 5. The molecule has 0 radical (unpaired) electrons. The van der Waals surface area contributed by atoms with Crippen LogP contribution in [0.15, 0.2) is 48.9 Å². The molecule has 146 valence electrons. The third kappa shape index (κ3) is 3.59. The van der Waals surface area contributed by atoms with E-state index in [0.717, 1.165) is 56.1 Å². The average molecular weight is 377 g/mol. The van der Waals surface area contributed by atoms with Gasteiger partial charge in [0.25, 0.3) is 5.91 Å². The van der Waals surface area contributed by atoms with Crippen molar-refractivity contribution in [3.05, 3.63) is 66.0 Å². The van der Waals surface area contributed by atoms with Gasteiger partial charge in [0.1, 0.15) is 5.82 Å². The van der Waals surface area contributed by atoms with Crippen LogP contribution >= 0.6 is 0 Å². The second-order valence-corrected chi connectivity index (χ2v) is 7.48. The standard InChI is InChI=1S/C22H27N5O/c1-3-21-23-11-14-26(21)16-18-9-12-25(13-10-18)22(28)20-15-24-27(17(20)2)19-7-5-4-6-8-19/h4-8,11,14-15,18H,3,9-10,12-13,16H2,1-2H3. The summed E-state index contributed by atoms with van der Waals surface area (Å²) in [5.41, 5.74) is 2.57. The molecule has 1 aromatic carbocycles. The number of carbonyl (C=O) groups is 1. The number of likely N-dealkylation sites (tertiary alicyclic amines) is 1. The van der Waals surface area contributed by atoms with Crippen molar-refractivity contribution in [3.63, 3.8) is 0 Å². The van der Waals surface area contributed by atoms with Gasteiger partial charge >= 0.3 is 0 Å². The van der Waals surface area contributed by atoms with E-state index in [9.17, 15) is 4.79 Å². The molecule has 6 heteroatoms. The van der Waals surface area contributed by atoms with E-state index in [1.807, 2.05) is 53.0 Å². The van der Waals surface area contributed by atoms with Crippen LogP contribution < -0.4 is 0 Å². The Bertz CT molecular complexity index is 935. The highest BCUT2D eigenvalue weighted by Crippen LogP contribution is 2.23. The summed E-state index contributed by atoms with van der Waals surface area (Å²) in [6.45, 7) is 6.70. The molecular weight excluding hydrogens is 350 g/mol. The SMILES string of the molecule is CCc1nccn1CC1CCN(C(=O)c2cnn(-c3ccccc3)c2C)CC1.